The molecular formula is C18H26N6O. The molecule has 3 rings (SSSR count). The summed E-state index contributed by atoms with van der Waals surface area (Å²) in [5.41, 5.74) is 1.08. The van der Waals surface area contributed by atoms with Crippen LogP contribution in [0, 0.1) is 5.92 Å². The fourth-order valence-electron chi connectivity index (χ4n) is 3.27. The number of hydrogen-bond acceptors (Lipinski definition) is 5. The van der Waals surface area contributed by atoms with Gasteiger partial charge in [-0.3, -0.25) is 14.5 Å². The lowest BCUT2D eigenvalue weighted by Gasteiger charge is -2.32. The molecule has 1 fully saturated rings. The number of hydrogen-bond donors (Lipinski definition) is 1. The van der Waals surface area contributed by atoms with E-state index in [9.17, 15) is 4.79 Å². The predicted octanol–water partition coefficient (Wildman–Crippen LogP) is 2.18. The van der Waals surface area contributed by atoms with Crippen molar-refractivity contribution in [1.82, 2.24) is 25.1 Å². The van der Waals surface area contributed by atoms with E-state index in [1.54, 1.807) is 18.6 Å². The van der Waals surface area contributed by atoms with E-state index in [1.165, 1.54) is 0 Å². The molecule has 0 aliphatic carbocycles. The van der Waals surface area contributed by atoms with Crippen LogP contribution >= 0.6 is 0 Å². The van der Waals surface area contributed by atoms with Gasteiger partial charge >= 0.3 is 0 Å². The first-order valence-corrected chi connectivity index (χ1v) is 9.05. The Hall–Kier alpha value is -2.44. The highest BCUT2D eigenvalue weighted by Crippen LogP contribution is 2.23. The molecule has 3 heterocycles. The molecule has 2 aromatic rings. The maximum Gasteiger partial charge on any atom is 0.223 e. The molecule has 1 aliphatic heterocycles. The van der Waals surface area contributed by atoms with E-state index in [2.05, 4.69) is 39.1 Å². The van der Waals surface area contributed by atoms with Gasteiger partial charge in [0.1, 0.15) is 5.82 Å². The Labute approximate surface area is 148 Å². The number of carbonyl (C=O) groups is 1. The highest BCUT2D eigenvalue weighted by atomic mass is 16.1. The summed E-state index contributed by atoms with van der Waals surface area (Å²) in [4.78, 5) is 23.3. The first-order valence-electron chi connectivity index (χ1n) is 9.05. The zero-order valence-electron chi connectivity index (χ0n) is 14.9. The van der Waals surface area contributed by atoms with Crippen LogP contribution in [0.15, 0.2) is 31.0 Å². The van der Waals surface area contributed by atoms with Gasteiger partial charge in [-0.1, -0.05) is 6.92 Å². The van der Waals surface area contributed by atoms with Gasteiger partial charge in [-0.15, -0.1) is 0 Å². The zero-order valence-corrected chi connectivity index (χ0v) is 14.9. The number of rotatable bonds is 6. The van der Waals surface area contributed by atoms with Crippen LogP contribution in [0.25, 0.3) is 0 Å². The molecule has 25 heavy (non-hydrogen) atoms. The van der Waals surface area contributed by atoms with Crippen molar-refractivity contribution < 1.29 is 4.79 Å². The van der Waals surface area contributed by atoms with Gasteiger partial charge in [0.05, 0.1) is 18.4 Å². The van der Waals surface area contributed by atoms with Crippen molar-refractivity contribution in [3.63, 3.8) is 0 Å². The van der Waals surface area contributed by atoms with Gasteiger partial charge in [0.2, 0.25) is 5.91 Å². The fraction of sp³-hybridized carbons (Fsp3) is 0.556. The molecule has 2 aromatic heterocycles. The van der Waals surface area contributed by atoms with E-state index in [1.807, 2.05) is 17.1 Å². The van der Waals surface area contributed by atoms with Crippen LogP contribution in [0.5, 0.6) is 0 Å². The van der Waals surface area contributed by atoms with Crippen molar-refractivity contribution in [3.8, 4) is 0 Å². The maximum absolute atomic E-state index is 12.7. The van der Waals surface area contributed by atoms with Gasteiger partial charge in [-0.05, 0) is 26.2 Å². The summed E-state index contributed by atoms with van der Waals surface area (Å²) in [7, 11) is 0. The Bertz CT molecular complexity index is 678. The highest BCUT2D eigenvalue weighted by molar-refractivity contribution is 5.79. The normalized spacial score (nSPS) is 16.6. The molecule has 7 nitrogen and oxygen atoms in total. The van der Waals surface area contributed by atoms with Gasteiger partial charge < -0.3 is 10.2 Å². The molecule has 1 amide bonds. The van der Waals surface area contributed by atoms with Crippen molar-refractivity contribution in [3.05, 3.63) is 36.5 Å². The molecule has 1 aliphatic rings. The standard InChI is InChI=1S/C18H26N6O/c1-3-16(15-11-21-24(4-2)13-15)22-18(25)14-5-9-23(10-6-14)17-12-19-7-8-20-17/h7-8,11-14,16H,3-6,9-10H2,1-2H3,(H,22,25)/t16-/m1/s1. The van der Waals surface area contributed by atoms with Crippen LogP contribution in [0.1, 0.15) is 44.7 Å². The molecule has 134 valence electrons. The highest BCUT2D eigenvalue weighted by Gasteiger charge is 2.27. The van der Waals surface area contributed by atoms with Crippen LogP contribution in [0.4, 0.5) is 5.82 Å². The second-order valence-electron chi connectivity index (χ2n) is 6.42. The summed E-state index contributed by atoms with van der Waals surface area (Å²) in [5.74, 6) is 1.10. The quantitative estimate of drug-likeness (QED) is 0.871. The van der Waals surface area contributed by atoms with Gasteiger partial charge in [0.15, 0.2) is 0 Å². The minimum Gasteiger partial charge on any atom is -0.355 e. The summed E-state index contributed by atoms with van der Waals surface area (Å²) in [6.45, 7) is 6.65. The Kier molecular flexibility index (Phi) is 5.63. The van der Waals surface area contributed by atoms with E-state index in [-0.39, 0.29) is 17.9 Å². The summed E-state index contributed by atoms with van der Waals surface area (Å²) in [6.07, 6.45) is 11.6. The number of aryl methyl sites for hydroxylation is 1. The first kappa shape index (κ1) is 17.4. The lowest BCUT2D eigenvalue weighted by molar-refractivity contribution is -0.126. The molecule has 0 aromatic carbocycles. The second kappa shape index (κ2) is 8.09. The van der Waals surface area contributed by atoms with Crippen molar-refractivity contribution in [2.75, 3.05) is 18.0 Å². The zero-order chi connectivity index (χ0) is 17.6. The van der Waals surface area contributed by atoms with Gasteiger partial charge in [0.25, 0.3) is 0 Å². The van der Waals surface area contributed by atoms with Crippen LogP contribution < -0.4 is 10.2 Å². The molecule has 0 unspecified atom stereocenters. The number of nitrogens with one attached hydrogen (secondary N) is 1. The Morgan fingerprint density at radius 2 is 2.08 bits per heavy atom. The number of anilines is 1. The molecule has 0 radical (unpaired) electrons. The maximum atomic E-state index is 12.7. The molecule has 1 atom stereocenters. The smallest absolute Gasteiger partial charge is 0.223 e. The third-order valence-electron chi connectivity index (χ3n) is 4.84. The van der Waals surface area contributed by atoms with Crippen molar-refractivity contribution in [2.24, 2.45) is 5.92 Å². The summed E-state index contributed by atoms with van der Waals surface area (Å²) >= 11 is 0. The van der Waals surface area contributed by atoms with Crippen LogP contribution in [-0.2, 0) is 11.3 Å². The number of amides is 1. The summed E-state index contributed by atoms with van der Waals surface area (Å²) in [6, 6.07) is 0.0332. The lowest BCUT2D eigenvalue weighted by atomic mass is 9.95. The number of piperidine rings is 1. The Balaban J connectivity index is 1.55. The third kappa shape index (κ3) is 4.15. The predicted molar refractivity (Wildman–Crippen MR) is 96.0 cm³/mol. The van der Waals surface area contributed by atoms with Gasteiger partial charge in [0, 0.05) is 49.7 Å². The number of aromatic nitrogens is 4. The lowest BCUT2D eigenvalue weighted by Crippen LogP contribution is -2.41. The number of carbonyl (C=O) groups excluding carboxylic acids is 1. The average molecular weight is 342 g/mol. The Morgan fingerprint density at radius 1 is 1.28 bits per heavy atom. The molecule has 0 spiro atoms. The summed E-state index contributed by atoms with van der Waals surface area (Å²) in [5, 5.41) is 7.52. The van der Waals surface area contributed by atoms with E-state index in [4.69, 9.17) is 0 Å². The first-order chi connectivity index (χ1) is 12.2. The van der Waals surface area contributed by atoms with E-state index in [0.29, 0.717) is 0 Å². The Morgan fingerprint density at radius 3 is 2.68 bits per heavy atom. The number of nitrogens with zero attached hydrogens (tertiary/aromatic N) is 5. The largest absolute Gasteiger partial charge is 0.355 e. The average Bonchev–Trinajstić information content (AvgIpc) is 3.16. The molecule has 7 heteroatoms. The van der Waals surface area contributed by atoms with E-state index in [0.717, 1.165) is 50.3 Å². The van der Waals surface area contributed by atoms with Crippen molar-refractivity contribution >= 4 is 11.7 Å². The van der Waals surface area contributed by atoms with Crippen LogP contribution in [-0.4, -0.2) is 38.7 Å². The van der Waals surface area contributed by atoms with Crippen molar-refractivity contribution in [1.29, 1.82) is 0 Å². The molecular weight excluding hydrogens is 316 g/mol. The van der Waals surface area contributed by atoms with Crippen molar-refractivity contribution in [2.45, 2.75) is 45.7 Å². The van der Waals surface area contributed by atoms with Gasteiger partial charge in [-0.2, -0.15) is 5.10 Å². The topological polar surface area (TPSA) is 75.9 Å². The van der Waals surface area contributed by atoms with E-state index < -0.39 is 0 Å². The molecule has 0 bridgehead atoms. The third-order valence-corrected chi connectivity index (χ3v) is 4.84. The minimum atomic E-state index is 0.0332. The molecule has 1 saturated heterocycles. The minimum absolute atomic E-state index is 0.0332. The van der Waals surface area contributed by atoms with Crippen LogP contribution in [0.2, 0.25) is 0 Å². The van der Waals surface area contributed by atoms with Crippen LogP contribution in [0.3, 0.4) is 0 Å². The molecule has 1 N–H and O–H groups in total. The summed E-state index contributed by atoms with van der Waals surface area (Å²) < 4.78 is 1.89. The van der Waals surface area contributed by atoms with Gasteiger partial charge in [-0.25, -0.2) is 4.98 Å². The monoisotopic (exact) mass is 342 g/mol. The fourth-order valence-corrected chi connectivity index (χ4v) is 3.27. The SMILES string of the molecule is CC[C@@H](NC(=O)C1CCN(c2cnccn2)CC1)c1cnn(CC)c1. The molecule has 0 saturated carbocycles. The van der Waals surface area contributed by atoms with E-state index >= 15 is 0 Å². The second-order valence-corrected chi connectivity index (χ2v) is 6.42.